The number of amides is 2. The van der Waals surface area contributed by atoms with E-state index in [4.69, 9.17) is 9.47 Å². The molecule has 210 valence electrons. The van der Waals surface area contributed by atoms with Gasteiger partial charge in [-0.3, -0.25) is 18.7 Å². The summed E-state index contributed by atoms with van der Waals surface area (Å²) in [5, 5.41) is 1.89. The third-order valence-electron chi connectivity index (χ3n) is 7.62. The van der Waals surface area contributed by atoms with E-state index in [0.717, 1.165) is 23.1 Å². The van der Waals surface area contributed by atoms with Crippen molar-refractivity contribution in [2.24, 2.45) is 0 Å². The molecule has 4 atom stereocenters. The molecule has 0 bridgehead atoms. The number of rotatable bonds is 8. The van der Waals surface area contributed by atoms with Crippen molar-refractivity contribution >= 4 is 28.6 Å². The molecule has 0 saturated carbocycles. The molecule has 3 aliphatic heterocycles. The van der Waals surface area contributed by atoms with Gasteiger partial charge in [-0.1, -0.05) is 91.0 Å². The monoisotopic (exact) mass is 570 g/mol. The van der Waals surface area contributed by atoms with E-state index in [0.29, 0.717) is 18.6 Å². The van der Waals surface area contributed by atoms with Crippen LogP contribution in [0.25, 0.3) is 0 Å². The molecule has 0 aromatic heterocycles. The number of esters is 1. The van der Waals surface area contributed by atoms with Gasteiger partial charge in [0, 0.05) is 12.2 Å². The van der Waals surface area contributed by atoms with E-state index >= 15 is 0 Å². The Kier molecular flexibility index (Phi) is 7.80. The van der Waals surface area contributed by atoms with Gasteiger partial charge in [0.15, 0.2) is 6.10 Å². The van der Waals surface area contributed by atoms with E-state index in [-0.39, 0.29) is 23.8 Å². The molecule has 0 spiro atoms. The lowest BCUT2D eigenvalue weighted by Gasteiger charge is -2.49. The topological polar surface area (TPSA) is 102 Å². The number of hydrogen-bond acceptors (Lipinski definition) is 6. The Labute approximate surface area is 240 Å². The SMILES string of the molecule is O=C(Cc1ccccc1)N[C@@H]1C(=O)N2C(C(=O)OC(c3ccccc3)c3ccccc3)=C([C@@H]3CCCO3)CS(=O)[C@H]12. The van der Waals surface area contributed by atoms with Crippen molar-refractivity contribution in [3.63, 3.8) is 0 Å². The molecular formula is C32H30N2O6S. The van der Waals surface area contributed by atoms with E-state index in [9.17, 15) is 18.6 Å². The van der Waals surface area contributed by atoms with Crippen molar-refractivity contribution in [3.8, 4) is 0 Å². The molecule has 8 nitrogen and oxygen atoms in total. The van der Waals surface area contributed by atoms with Crippen LogP contribution in [-0.4, -0.2) is 56.8 Å². The van der Waals surface area contributed by atoms with Crippen LogP contribution in [-0.2, 0) is 41.1 Å². The van der Waals surface area contributed by atoms with Gasteiger partial charge in [0.2, 0.25) is 5.91 Å². The number of fused-ring (bicyclic) bond motifs is 1. The van der Waals surface area contributed by atoms with Crippen LogP contribution in [0.3, 0.4) is 0 Å². The minimum Gasteiger partial charge on any atom is -0.448 e. The molecule has 2 saturated heterocycles. The summed E-state index contributed by atoms with van der Waals surface area (Å²) in [5.41, 5.74) is 2.96. The van der Waals surface area contributed by atoms with Crippen molar-refractivity contribution in [1.82, 2.24) is 10.2 Å². The fraction of sp³-hybridized carbons (Fsp3) is 0.281. The van der Waals surface area contributed by atoms with Gasteiger partial charge in [0.05, 0.1) is 29.1 Å². The fourth-order valence-corrected chi connectivity index (χ4v) is 7.38. The predicted octanol–water partition coefficient (Wildman–Crippen LogP) is 3.41. The van der Waals surface area contributed by atoms with Crippen LogP contribution in [0.4, 0.5) is 0 Å². The Morgan fingerprint density at radius 3 is 2.15 bits per heavy atom. The minimum absolute atomic E-state index is 0.0654. The predicted molar refractivity (Wildman–Crippen MR) is 153 cm³/mol. The number of nitrogens with zero attached hydrogens (tertiary/aromatic N) is 1. The zero-order valence-electron chi connectivity index (χ0n) is 22.3. The number of benzene rings is 3. The number of hydrogen-bond donors (Lipinski definition) is 1. The molecule has 2 amide bonds. The van der Waals surface area contributed by atoms with Crippen LogP contribution in [0.15, 0.2) is 102 Å². The third-order valence-corrected chi connectivity index (χ3v) is 9.24. The van der Waals surface area contributed by atoms with E-state index in [1.807, 2.05) is 91.0 Å². The fourth-order valence-electron chi connectivity index (χ4n) is 5.65. The minimum atomic E-state index is -1.55. The molecule has 6 rings (SSSR count). The maximum Gasteiger partial charge on any atom is 0.356 e. The van der Waals surface area contributed by atoms with Gasteiger partial charge in [0.1, 0.15) is 17.1 Å². The molecule has 3 heterocycles. The lowest BCUT2D eigenvalue weighted by molar-refractivity contribution is -0.155. The quantitative estimate of drug-likeness (QED) is 0.329. The van der Waals surface area contributed by atoms with Gasteiger partial charge >= 0.3 is 5.97 Å². The highest BCUT2D eigenvalue weighted by atomic mass is 32.2. The van der Waals surface area contributed by atoms with E-state index in [1.54, 1.807) is 0 Å². The lowest BCUT2D eigenvalue weighted by atomic mass is 9.98. The van der Waals surface area contributed by atoms with Crippen LogP contribution in [0.1, 0.15) is 35.6 Å². The second-order valence-electron chi connectivity index (χ2n) is 10.3. The molecule has 1 unspecified atom stereocenters. The Balaban J connectivity index is 1.29. The number of β-lactam (4-membered cyclic amide) rings is 1. The highest BCUT2D eigenvalue weighted by molar-refractivity contribution is 7.86. The summed E-state index contributed by atoms with van der Waals surface area (Å²) in [6, 6.07) is 27.0. The standard InChI is InChI=1S/C32H30N2O6S/c35-26(19-21-11-4-1-5-12-21)33-27-30(36)34-28(24(20-41(38)31(27)34)25-17-10-18-39-25)32(37)40-29(22-13-6-2-7-14-22)23-15-8-3-9-16-23/h1-9,11-16,25,27,29,31H,10,17-20H2,(H,33,35)/t25-,27+,31+,41?/m0/s1. The lowest BCUT2D eigenvalue weighted by Crippen LogP contribution is -2.74. The first-order valence-corrected chi connectivity index (χ1v) is 15.1. The first kappa shape index (κ1) is 27.1. The molecule has 3 aliphatic rings. The summed E-state index contributed by atoms with van der Waals surface area (Å²) in [6.45, 7) is 0.523. The van der Waals surface area contributed by atoms with Crippen LogP contribution in [0.5, 0.6) is 0 Å². The molecule has 1 N–H and O–H groups in total. The van der Waals surface area contributed by atoms with Crippen molar-refractivity contribution in [3.05, 3.63) is 119 Å². The van der Waals surface area contributed by atoms with Gasteiger partial charge in [-0.2, -0.15) is 0 Å². The molecule has 9 heteroatoms. The summed E-state index contributed by atoms with van der Waals surface area (Å²) < 4.78 is 25.5. The summed E-state index contributed by atoms with van der Waals surface area (Å²) in [4.78, 5) is 41.6. The second kappa shape index (κ2) is 11.8. The van der Waals surface area contributed by atoms with Gasteiger partial charge in [-0.05, 0) is 29.5 Å². The number of ether oxygens (including phenoxy) is 2. The van der Waals surface area contributed by atoms with Gasteiger partial charge in [-0.25, -0.2) is 4.79 Å². The average Bonchev–Trinajstić information content (AvgIpc) is 3.54. The number of carbonyl (C=O) groups is 3. The van der Waals surface area contributed by atoms with Gasteiger partial charge < -0.3 is 14.8 Å². The normalized spacial score (nSPS) is 23.6. The van der Waals surface area contributed by atoms with Crippen LogP contribution < -0.4 is 5.32 Å². The average molecular weight is 571 g/mol. The van der Waals surface area contributed by atoms with E-state index < -0.39 is 46.3 Å². The van der Waals surface area contributed by atoms with Crippen molar-refractivity contribution in [2.75, 3.05) is 12.4 Å². The van der Waals surface area contributed by atoms with Crippen molar-refractivity contribution in [1.29, 1.82) is 0 Å². The van der Waals surface area contributed by atoms with Crippen LogP contribution in [0.2, 0.25) is 0 Å². The highest BCUT2D eigenvalue weighted by Crippen LogP contribution is 2.40. The molecule has 0 aliphatic carbocycles. The molecule has 3 aromatic carbocycles. The summed E-state index contributed by atoms with van der Waals surface area (Å²) in [6.07, 6.45) is 0.412. The molecular weight excluding hydrogens is 540 g/mol. The second-order valence-corrected chi connectivity index (χ2v) is 11.8. The van der Waals surface area contributed by atoms with Crippen LogP contribution in [0, 0.1) is 0 Å². The first-order valence-electron chi connectivity index (χ1n) is 13.7. The zero-order chi connectivity index (χ0) is 28.3. The number of nitrogens with one attached hydrogen (secondary N) is 1. The van der Waals surface area contributed by atoms with E-state index in [2.05, 4.69) is 5.32 Å². The van der Waals surface area contributed by atoms with Crippen LogP contribution >= 0.6 is 0 Å². The van der Waals surface area contributed by atoms with E-state index in [1.165, 1.54) is 4.90 Å². The Morgan fingerprint density at radius 2 is 1.56 bits per heavy atom. The Bertz CT molecular complexity index is 1450. The van der Waals surface area contributed by atoms with Gasteiger partial charge in [0.25, 0.3) is 5.91 Å². The highest BCUT2D eigenvalue weighted by Gasteiger charge is 2.58. The third kappa shape index (κ3) is 5.47. The maximum absolute atomic E-state index is 14.0. The molecule has 0 radical (unpaired) electrons. The summed E-state index contributed by atoms with van der Waals surface area (Å²) in [5.74, 6) is -1.45. The van der Waals surface area contributed by atoms with Crippen molar-refractivity contribution < 1.29 is 28.1 Å². The number of carbonyl (C=O) groups excluding carboxylic acids is 3. The molecule has 2 fully saturated rings. The zero-order valence-corrected chi connectivity index (χ0v) is 23.1. The maximum atomic E-state index is 14.0. The smallest absolute Gasteiger partial charge is 0.356 e. The largest absolute Gasteiger partial charge is 0.448 e. The Morgan fingerprint density at radius 1 is 0.951 bits per heavy atom. The molecule has 3 aromatic rings. The summed E-state index contributed by atoms with van der Waals surface area (Å²) in [7, 11) is -1.55. The van der Waals surface area contributed by atoms with Crippen molar-refractivity contribution in [2.45, 2.75) is 42.9 Å². The van der Waals surface area contributed by atoms with Gasteiger partial charge in [-0.15, -0.1) is 0 Å². The Hall–Kier alpha value is -4.08. The molecule has 41 heavy (non-hydrogen) atoms. The summed E-state index contributed by atoms with van der Waals surface area (Å²) >= 11 is 0. The first-order chi connectivity index (χ1) is 20.0.